The number of fused-ring (bicyclic) bond motifs is 4. The first-order chi connectivity index (χ1) is 12.7. The largest absolute Gasteiger partial charge is 0.454 e. The van der Waals surface area contributed by atoms with Crippen LogP contribution in [0.15, 0.2) is 42.7 Å². The molecule has 0 saturated heterocycles. The molecule has 0 fully saturated rings. The maximum Gasteiger partial charge on any atom is 0.231 e. The molecule has 8 nitrogen and oxygen atoms in total. The summed E-state index contributed by atoms with van der Waals surface area (Å²) in [6, 6.07) is 12.4. The first-order valence-electron chi connectivity index (χ1n) is 7.93. The zero-order valence-corrected chi connectivity index (χ0v) is 13.5. The third kappa shape index (κ3) is 2.08. The highest BCUT2D eigenvalue weighted by molar-refractivity contribution is 5.92. The van der Waals surface area contributed by atoms with Crippen molar-refractivity contribution in [3.8, 4) is 17.6 Å². The fourth-order valence-corrected chi connectivity index (χ4v) is 3.10. The quantitative estimate of drug-likeness (QED) is 0.591. The van der Waals surface area contributed by atoms with Crippen LogP contribution in [0.5, 0.6) is 11.5 Å². The van der Waals surface area contributed by atoms with Gasteiger partial charge in [-0.3, -0.25) is 0 Å². The summed E-state index contributed by atoms with van der Waals surface area (Å²) >= 11 is 0. The molecule has 1 aliphatic heterocycles. The lowest BCUT2D eigenvalue weighted by atomic mass is 10.1. The third-order valence-electron chi connectivity index (χ3n) is 4.40. The molecule has 3 heterocycles. The summed E-state index contributed by atoms with van der Waals surface area (Å²) < 4.78 is 12.4. The summed E-state index contributed by atoms with van der Waals surface area (Å²) in [6.07, 6.45) is 1.45. The Morgan fingerprint density at radius 3 is 2.92 bits per heavy atom. The summed E-state index contributed by atoms with van der Waals surface area (Å²) in [5.74, 6) is 1.91. The Morgan fingerprint density at radius 2 is 2.04 bits per heavy atom. The van der Waals surface area contributed by atoms with Crippen molar-refractivity contribution < 1.29 is 9.47 Å². The average Bonchev–Trinajstić information content (AvgIpc) is 3.35. The van der Waals surface area contributed by atoms with E-state index in [1.165, 1.54) is 6.33 Å². The van der Waals surface area contributed by atoms with Crippen molar-refractivity contribution in [3.05, 3.63) is 59.7 Å². The van der Waals surface area contributed by atoms with E-state index in [2.05, 4.69) is 21.1 Å². The van der Waals surface area contributed by atoms with Gasteiger partial charge in [0.25, 0.3) is 0 Å². The van der Waals surface area contributed by atoms with Gasteiger partial charge in [0, 0.05) is 5.39 Å². The number of ether oxygens (including phenoxy) is 2. The predicted molar refractivity (Wildman–Crippen MR) is 91.6 cm³/mol. The van der Waals surface area contributed by atoms with E-state index in [-0.39, 0.29) is 6.79 Å². The van der Waals surface area contributed by atoms with Gasteiger partial charge in [0.2, 0.25) is 6.79 Å². The van der Waals surface area contributed by atoms with E-state index in [0.29, 0.717) is 34.1 Å². The topological polar surface area (TPSA) is 111 Å². The van der Waals surface area contributed by atoms with Gasteiger partial charge in [0.1, 0.15) is 6.33 Å². The Bertz CT molecular complexity index is 1210. The number of aromatic nitrogens is 4. The molecule has 126 valence electrons. The Morgan fingerprint density at radius 1 is 1.15 bits per heavy atom. The van der Waals surface area contributed by atoms with Gasteiger partial charge in [-0.05, 0) is 35.9 Å². The monoisotopic (exact) mass is 344 g/mol. The van der Waals surface area contributed by atoms with Crippen molar-refractivity contribution in [2.24, 2.45) is 5.73 Å². The first-order valence-corrected chi connectivity index (χ1v) is 7.93. The number of benzene rings is 2. The molecule has 2 N–H and O–H groups in total. The Hall–Kier alpha value is -3.70. The van der Waals surface area contributed by atoms with Crippen LogP contribution >= 0.6 is 0 Å². The minimum Gasteiger partial charge on any atom is -0.454 e. The van der Waals surface area contributed by atoms with Crippen LogP contribution in [0.3, 0.4) is 0 Å². The second kappa shape index (κ2) is 5.40. The standard InChI is InChI=1S/C18H12N6O2/c19-7-10-1-3-13-12(5-10)17-21-8-22-24(17)18(23-13)16(20)11-2-4-14-15(6-11)26-9-25-14/h1-6,8,16H,9,20H2. The fourth-order valence-electron chi connectivity index (χ4n) is 3.10. The van der Waals surface area contributed by atoms with Crippen molar-refractivity contribution in [2.75, 3.05) is 6.79 Å². The van der Waals surface area contributed by atoms with E-state index in [9.17, 15) is 0 Å². The van der Waals surface area contributed by atoms with E-state index in [1.54, 1.807) is 22.7 Å². The number of nitrogens with two attached hydrogens (primary N) is 1. The van der Waals surface area contributed by atoms with E-state index >= 15 is 0 Å². The summed E-state index contributed by atoms with van der Waals surface area (Å²) in [6.45, 7) is 0.205. The SMILES string of the molecule is N#Cc1ccc2nc(C(N)c3ccc4c(c3)OCO4)n3ncnc3c2c1. The molecule has 0 bridgehead atoms. The van der Waals surface area contributed by atoms with Crippen LogP contribution in [0.4, 0.5) is 0 Å². The average molecular weight is 344 g/mol. The van der Waals surface area contributed by atoms with Crippen molar-refractivity contribution in [3.63, 3.8) is 0 Å². The molecule has 1 atom stereocenters. The molecule has 8 heteroatoms. The molecule has 2 aromatic carbocycles. The summed E-state index contributed by atoms with van der Waals surface area (Å²) in [7, 11) is 0. The van der Waals surface area contributed by atoms with Crippen LogP contribution in [-0.4, -0.2) is 26.4 Å². The van der Waals surface area contributed by atoms with Crippen LogP contribution in [0.1, 0.15) is 23.0 Å². The van der Waals surface area contributed by atoms with E-state index in [0.717, 1.165) is 10.9 Å². The summed E-state index contributed by atoms with van der Waals surface area (Å²) in [5.41, 5.74) is 9.16. The van der Waals surface area contributed by atoms with E-state index in [4.69, 9.17) is 20.5 Å². The molecule has 0 spiro atoms. The van der Waals surface area contributed by atoms with Gasteiger partial charge in [-0.2, -0.15) is 14.9 Å². The lowest BCUT2D eigenvalue weighted by Gasteiger charge is -2.14. The zero-order valence-electron chi connectivity index (χ0n) is 13.5. The second-order valence-electron chi connectivity index (χ2n) is 5.90. The highest BCUT2D eigenvalue weighted by atomic mass is 16.7. The fraction of sp³-hybridized carbons (Fsp3) is 0.111. The molecule has 0 amide bonds. The van der Waals surface area contributed by atoms with Crippen molar-refractivity contribution in [2.45, 2.75) is 6.04 Å². The molecule has 0 aliphatic carbocycles. The normalized spacial score (nSPS) is 13.8. The van der Waals surface area contributed by atoms with Gasteiger partial charge in [-0.1, -0.05) is 6.07 Å². The van der Waals surface area contributed by atoms with Crippen LogP contribution in [0.2, 0.25) is 0 Å². The number of hydrogen-bond acceptors (Lipinski definition) is 7. The van der Waals surface area contributed by atoms with Crippen molar-refractivity contribution in [1.29, 1.82) is 5.26 Å². The molecular weight excluding hydrogens is 332 g/mol. The van der Waals surface area contributed by atoms with Crippen LogP contribution in [-0.2, 0) is 0 Å². The van der Waals surface area contributed by atoms with Crippen molar-refractivity contribution >= 4 is 16.6 Å². The number of hydrogen-bond donors (Lipinski definition) is 1. The molecule has 1 unspecified atom stereocenters. The highest BCUT2D eigenvalue weighted by Gasteiger charge is 2.21. The van der Waals surface area contributed by atoms with E-state index < -0.39 is 6.04 Å². The Balaban J connectivity index is 1.70. The molecule has 1 aliphatic rings. The molecule has 0 saturated carbocycles. The molecule has 5 rings (SSSR count). The van der Waals surface area contributed by atoms with Crippen LogP contribution in [0.25, 0.3) is 16.6 Å². The molecule has 26 heavy (non-hydrogen) atoms. The van der Waals surface area contributed by atoms with Gasteiger partial charge in [-0.25, -0.2) is 9.97 Å². The lowest BCUT2D eigenvalue weighted by Crippen LogP contribution is -2.18. The van der Waals surface area contributed by atoms with Crippen LogP contribution in [0, 0.1) is 11.3 Å². The van der Waals surface area contributed by atoms with Gasteiger partial charge < -0.3 is 15.2 Å². The van der Waals surface area contributed by atoms with Crippen LogP contribution < -0.4 is 15.2 Å². The maximum absolute atomic E-state index is 9.13. The van der Waals surface area contributed by atoms with Gasteiger partial charge in [0.15, 0.2) is 23.0 Å². The molecule has 0 radical (unpaired) electrons. The van der Waals surface area contributed by atoms with Gasteiger partial charge in [-0.15, -0.1) is 0 Å². The third-order valence-corrected chi connectivity index (χ3v) is 4.40. The highest BCUT2D eigenvalue weighted by Crippen LogP contribution is 2.35. The smallest absolute Gasteiger partial charge is 0.231 e. The minimum absolute atomic E-state index is 0.205. The van der Waals surface area contributed by atoms with Gasteiger partial charge in [0.05, 0.1) is 23.2 Å². The lowest BCUT2D eigenvalue weighted by molar-refractivity contribution is 0.174. The zero-order chi connectivity index (χ0) is 17.7. The Kier molecular flexibility index (Phi) is 3.04. The molecular formula is C18H12N6O2. The van der Waals surface area contributed by atoms with Gasteiger partial charge >= 0.3 is 0 Å². The Labute approximate surface area is 147 Å². The first kappa shape index (κ1) is 14.6. The maximum atomic E-state index is 9.13. The number of nitriles is 1. The van der Waals surface area contributed by atoms with E-state index in [1.807, 2.05) is 18.2 Å². The number of nitrogens with zero attached hydrogens (tertiary/aromatic N) is 5. The van der Waals surface area contributed by atoms with Crippen molar-refractivity contribution in [1.82, 2.24) is 19.6 Å². The number of rotatable bonds is 2. The summed E-state index contributed by atoms with van der Waals surface area (Å²) in [5, 5.41) is 14.2. The predicted octanol–water partition coefficient (Wildman–Crippen LogP) is 1.93. The molecule has 2 aromatic heterocycles. The molecule has 4 aromatic rings. The summed E-state index contributed by atoms with van der Waals surface area (Å²) in [4.78, 5) is 8.99. The minimum atomic E-state index is -0.534. The second-order valence-corrected chi connectivity index (χ2v) is 5.90.